The maximum absolute atomic E-state index is 12.8. The molecule has 8 heteroatoms. The van der Waals surface area contributed by atoms with Crippen molar-refractivity contribution >= 4 is 20.6 Å². The number of hydrogen-bond acceptors (Lipinski definition) is 5. The second-order valence-electron chi connectivity index (χ2n) is 6.20. The van der Waals surface area contributed by atoms with Crippen LogP contribution in [0.3, 0.4) is 0 Å². The van der Waals surface area contributed by atoms with Crippen LogP contribution in [0.2, 0.25) is 0 Å². The number of sulfone groups is 1. The molecule has 0 amide bonds. The monoisotopic (exact) mass is 380 g/mol. The first-order valence-electron chi connectivity index (χ1n) is 8.26. The normalized spacial score (nSPS) is 11.7. The molecule has 4 rings (SSSR count). The maximum atomic E-state index is 12.8. The van der Waals surface area contributed by atoms with Crippen LogP contribution in [0, 0.1) is 6.92 Å². The van der Waals surface area contributed by atoms with Crippen molar-refractivity contribution in [3.63, 3.8) is 0 Å². The van der Waals surface area contributed by atoms with Crippen molar-refractivity contribution in [3.05, 3.63) is 82.5 Å². The molecule has 2 aromatic heterocycles. The van der Waals surface area contributed by atoms with Crippen molar-refractivity contribution in [1.29, 1.82) is 0 Å². The Kier molecular flexibility index (Phi) is 4.12. The summed E-state index contributed by atoms with van der Waals surface area (Å²) in [5, 5.41) is 11.9. The number of nitrogens with one attached hydrogen (secondary N) is 1. The first-order valence-corrected chi connectivity index (χ1v) is 9.74. The van der Waals surface area contributed by atoms with Crippen LogP contribution in [0.15, 0.2) is 75.5 Å². The highest BCUT2D eigenvalue weighted by Gasteiger charge is 2.18. The zero-order valence-electron chi connectivity index (χ0n) is 14.5. The Morgan fingerprint density at radius 1 is 1.04 bits per heavy atom. The third-order valence-electron chi connectivity index (χ3n) is 4.43. The zero-order chi connectivity index (χ0) is 19.0. The minimum Gasteiger partial charge on any atom is -0.280 e. The van der Waals surface area contributed by atoms with Crippen molar-refractivity contribution in [2.45, 2.75) is 23.3 Å². The molecule has 0 saturated carbocycles. The number of fused-ring (bicyclic) bond motifs is 1. The summed E-state index contributed by atoms with van der Waals surface area (Å²) in [5.41, 5.74) is 1.45. The van der Waals surface area contributed by atoms with Gasteiger partial charge in [-0.3, -0.25) is 9.89 Å². The highest BCUT2D eigenvalue weighted by molar-refractivity contribution is 7.91. The van der Waals surface area contributed by atoms with Gasteiger partial charge in [-0.25, -0.2) is 13.1 Å². The summed E-state index contributed by atoms with van der Waals surface area (Å²) in [6.07, 6.45) is 3.19. The molecule has 2 heterocycles. The molecule has 0 spiro atoms. The fourth-order valence-corrected chi connectivity index (χ4v) is 4.18. The van der Waals surface area contributed by atoms with Gasteiger partial charge >= 0.3 is 0 Å². The Morgan fingerprint density at radius 2 is 1.81 bits per heavy atom. The molecule has 136 valence electrons. The Labute approximate surface area is 155 Å². The number of aromatic nitrogens is 4. The van der Waals surface area contributed by atoms with Crippen molar-refractivity contribution in [1.82, 2.24) is 20.0 Å². The molecule has 0 saturated heterocycles. The molecular formula is C19H16N4O3S. The van der Waals surface area contributed by atoms with E-state index in [2.05, 4.69) is 15.3 Å². The van der Waals surface area contributed by atoms with Gasteiger partial charge in [-0.2, -0.15) is 10.2 Å². The third-order valence-corrected chi connectivity index (χ3v) is 6.20. The number of hydrogen-bond donors (Lipinski definition) is 1. The molecule has 0 radical (unpaired) electrons. The number of H-pyrrole nitrogens is 1. The van der Waals surface area contributed by atoms with Crippen LogP contribution in [0.5, 0.6) is 0 Å². The molecule has 0 aliphatic rings. The quantitative estimate of drug-likeness (QED) is 0.586. The van der Waals surface area contributed by atoms with Gasteiger partial charge < -0.3 is 0 Å². The fourth-order valence-electron chi connectivity index (χ4n) is 2.86. The zero-order valence-corrected chi connectivity index (χ0v) is 15.3. The van der Waals surface area contributed by atoms with Crippen molar-refractivity contribution < 1.29 is 8.42 Å². The Morgan fingerprint density at radius 3 is 2.52 bits per heavy atom. The number of benzene rings is 2. The minimum atomic E-state index is -3.65. The van der Waals surface area contributed by atoms with Gasteiger partial charge in [0, 0.05) is 5.39 Å². The lowest BCUT2D eigenvalue weighted by Crippen LogP contribution is -2.23. The van der Waals surface area contributed by atoms with Gasteiger partial charge in [0.15, 0.2) is 0 Å². The maximum Gasteiger partial charge on any atom is 0.274 e. The van der Waals surface area contributed by atoms with Crippen LogP contribution in [-0.4, -0.2) is 28.4 Å². The van der Waals surface area contributed by atoms with Crippen LogP contribution in [0.25, 0.3) is 10.8 Å². The van der Waals surface area contributed by atoms with Gasteiger partial charge in [-0.15, -0.1) is 0 Å². The number of aromatic amines is 1. The van der Waals surface area contributed by atoms with Crippen molar-refractivity contribution in [2.24, 2.45) is 0 Å². The molecule has 27 heavy (non-hydrogen) atoms. The lowest BCUT2D eigenvalue weighted by molar-refractivity contribution is 0.596. The van der Waals surface area contributed by atoms with Crippen LogP contribution >= 0.6 is 0 Å². The highest BCUT2D eigenvalue weighted by Crippen LogP contribution is 2.23. The van der Waals surface area contributed by atoms with Gasteiger partial charge in [0.1, 0.15) is 0 Å². The Balaban J connectivity index is 1.78. The van der Waals surface area contributed by atoms with E-state index in [-0.39, 0.29) is 21.9 Å². The van der Waals surface area contributed by atoms with Gasteiger partial charge in [0.2, 0.25) is 9.84 Å². The predicted molar refractivity (Wildman–Crippen MR) is 100 cm³/mol. The topological polar surface area (TPSA) is 97.7 Å². The van der Waals surface area contributed by atoms with Gasteiger partial charge in [-0.05, 0) is 42.8 Å². The van der Waals surface area contributed by atoms with E-state index in [1.54, 1.807) is 36.5 Å². The second kappa shape index (κ2) is 6.48. The number of nitrogens with zero attached hydrogens (tertiary/aromatic N) is 3. The highest BCUT2D eigenvalue weighted by atomic mass is 32.2. The molecule has 2 aromatic carbocycles. The smallest absolute Gasteiger partial charge is 0.274 e. The van der Waals surface area contributed by atoms with E-state index in [1.165, 1.54) is 29.1 Å². The van der Waals surface area contributed by atoms with E-state index in [0.717, 1.165) is 11.3 Å². The van der Waals surface area contributed by atoms with Crippen molar-refractivity contribution in [2.75, 3.05) is 0 Å². The van der Waals surface area contributed by atoms with Crippen LogP contribution in [0.4, 0.5) is 0 Å². The van der Waals surface area contributed by atoms with E-state index in [1.807, 2.05) is 6.92 Å². The molecule has 4 aromatic rings. The summed E-state index contributed by atoms with van der Waals surface area (Å²) in [4.78, 5) is 13.1. The molecule has 0 aliphatic carbocycles. The SMILES string of the molecule is Cc1cn[nH]c1Cn1ncc2cc(S(=O)(=O)c3ccccc3)ccc2c1=O. The summed E-state index contributed by atoms with van der Waals surface area (Å²) >= 11 is 0. The largest absolute Gasteiger partial charge is 0.280 e. The van der Waals surface area contributed by atoms with Gasteiger partial charge in [0.05, 0.1) is 39.8 Å². The Hall–Kier alpha value is -3.26. The summed E-state index contributed by atoms with van der Waals surface area (Å²) in [6.45, 7) is 2.16. The van der Waals surface area contributed by atoms with E-state index in [9.17, 15) is 13.2 Å². The van der Waals surface area contributed by atoms with Gasteiger partial charge in [0.25, 0.3) is 5.56 Å². The van der Waals surface area contributed by atoms with E-state index in [4.69, 9.17) is 0 Å². The van der Waals surface area contributed by atoms with E-state index >= 15 is 0 Å². The average molecular weight is 380 g/mol. The first-order chi connectivity index (χ1) is 13.0. The summed E-state index contributed by atoms with van der Waals surface area (Å²) < 4.78 is 26.9. The Bertz CT molecular complexity index is 1290. The summed E-state index contributed by atoms with van der Waals surface area (Å²) in [7, 11) is -3.65. The third kappa shape index (κ3) is 3.04. The van der Waals surface area contributed by atoms with E-state index in [0.29, 0.717) is 10.8 Å². The average Bonchev–Trinajstić information content (AvgIpc) is 3.09. The van der Waals surface area contributed by atoms with Crippen LogP contribution in [-0.2, 0) is 16.4 Å². The van der Waals surface area contributed by atoms with Crippen LogP contribution < -0.4 is 5.56 Å². The molecule has 0 bridgehead atoms. The number of rotatable bonds is 4. The summed E-state index contributed by atoms with van der Waals surface area (Å²) in [6, 6.07) is 12.7. The molecule has 7 nitrogen and oxygen atoms in total. The molecule has 0 unspecified atom stereocenters. The lowest BCUT2D eigenvalue weighted by Gasteiger charge is -2.08. The molecule has 1 N–H and O–H groups in total. The second-order valence-corrected chi connectivity index (χ2v) is 8.15. The number of aryl methyl sites for hydroxylation is 1. The van der Waals surface area contributed by atoms with Crippen LogP contribution in [0.1, 0.15) is 11.3 Å². The van der Waals surface area contributed by atoms with Crippen molar-refractivity contribution in [3.8, 4) is 0 Å². The first kappa shape index (κ1) is 17.2. The molecule has 0 fully saturated rings. The molecule has 0 aliphatic heterocycles. The predicted octanol–water partition coefficient (Wildman–Crippen LogP) is 2.31. The standard InChI is InChI=1S/C19H16N4O3S/c1-13-10-20-22-18(13)12-23-19(24)17-8-7-16(9-14(17)11-21-23)27(25,26)15-5-3-2-4-6-15/h2-11H,12H2,1H3,(H,20,22). The molecular weight excluding hydrogens is 364 g/mol. The fraction of sp³-hybridized carbons (Fsp3) is 0.105. The molecule has 0 atom stereocenters. The lowest BCUT2D eigenvalue weighted by atomic mass is 10.2. The minimum absolute atomic E-state index is 0.129. The van der Waals surface area contributed by atoms with E-state index < -0.39 is 9.84 Å². The summed E-state index contributed by atoms with van der Waals surface area (Å²) in [5.74, 6) is 0. The van der Waals surface area contributed by atoms with Gasteiger partial charge in [-0.1, -0.05) is 18.2 Å².